The number of esters is 2. The number of carbonyl (C=O) groups is 2. The molecule has 4 aromatic rings. The van der Waals surface area contributed by atoms with Gasteiger partial charge in [0.2, 0.25) is 0 Å². The Morgan fingerprint density at radius 1 is 0.860 bits per heavy atom. The minimum atomic E-state index is -0.783. The Labute approximate surface area is 255 Å². The fourth-order valence-electron chi connectivity index (χ4n) is 5.16. The van der Waals surface area contributed by atoms with E-state index in [1.165, 1.54) is 11.3 Å². The predicted molar refractivity (Wildman–Crippen MR) is 169 cm³/mol. The molecule has 1 N–H and O–H groups in total. The Morgan fingerprint density at radius 2 is 1.53 bits per heavy atom. The van der Waals surface area contributed by atoms with Crippen molar-refractivity contribution < 1.29 is 23.8 Å². The Balaban J connectivity index is 1.44. The minimum Gasteiger partial charge on any atom is -0.465 e. The molecule has 0 spiro atoms. The second kappa shape index (κ2) is 13.5. The van der Waals surface area contributed by atoms with Crippen molar-refractivity contribution in [3.63, 3.8) is 0 Å². The Kier molecular flexibility index (Phi) is 9.32. The molecule has 0 saturated carbocycles. The van der Waals surface area contributed by atoms with Crippen LogP contribution in [0.1, 0.15) is 39.2 Å². The van der Waals surface area contributed by atoms with E-state index in [0.29, 0.717) is 22.1 Å². The highest BCUT2D eigenvalue weighted by Gasteiger charge is 2.43. The average molecular weight is 596 g/mol. The van der Waals surface area contributed by atoms with Crippen LogP contribution < -0.4 is 10.1 Å². The molecule has 1 aliphatic heterocycles. The third-order valence-corrected chi connectivity index (χ3v) is 7.79. The predicted octanol–water partition coefficient (Wildman–Crippen LogP) is 7.92. The van der Waals surface area contributed by atoms with E-state index in [-0.39, 0.29) is 13.2 Å². The number of thiazole rings is 1. The summed E-state index contributed by atoms with van der Waals surface area (Å²) in [5.41, 5.74) is 4.67. The Morgan fingerprint density at radius 3 is 2.26 bits per heavy atom. The summed E-state index contributed by atoms with van der Waals surface area (Å²) < 4.78 is 16.8. The fraction of sp³-hybridized carbons (Fsp3) is 0.235. The number of carbonyl (C=O) groups excluding carboxylic acids is 2. The highest BCUT2D eigenvalue weighted by molar-refractivity contribution is 7.14. The summed E-state index contributed by atoms with van der Waals surface area (Å²) in [5.74, 6) is -0.864. The molecule has 0 aliphatic carbocycles. The monoisotopic (exact) mass is 595 g/mol. The number of nitrogens with zero attached hydrogens (tertiary/aromatic N) is 2. The average Bonchev–Trinajstić information content (AvgIpc) is 3.46. The molecule has 1 aliphatic rings. The van der Waals surface area contributed by atoms with Gasteiger partial charge in [0, 0.05) is 34.0 Å². The zero-order valence-electron chi connectivity index (χ0n) is 24.5. The maximum Gasteiger partial charge on any atom is 0.336 e. The van der Waals surface area contributed by atoms with Gasteiger partial charge in [-0.2, -0.15) is 0 Å². The summed E-state index contributed by atoms with van der Waals surface area (Å²) >= 11 is 1.46. The van der Waals surface area contributed by atoms with Crippen LogP contribution in [0.5, 0.6) is 11.5 Å². The Bertz CT molecular complexity index is 1660. The number of para-hydroxylation sites is 2. The second-order valence-electron chi connectivity index (χ2n) is 9.87. The number of allylic oxidation sites excluding steroid dienone is 1. The summed E-state index contributed by atoms with van der Waals surface area (Å²) in [6.07, 6.45) is 0. The zero-order chi connectivity index (χ0) is 30.3. The van der Waals surface area contributed by atoms with Gasteiger partial charge in [0.25, 0.3) is 0 Å². The maximum atomic E-state index is 13.3. The van der Waals surface area contributed by atoms with Crippen molar-refractivity contribution in [2.75, 3.05) is 18.5 Å². The van der Waals surface area contributed by atoms with Gasteiger partial charge < -0.3 is 19.5 Å². The van der Waals surface area contributed by atoms with Gasteiger partial charge in [-0.1, -0.05) is 36.4 Å². The van der Waals surface area contributed by atoms with E-state index in [4.69, 9.17) is 19.2 Å². The van der Waals surface area contributed by atoms with Gasteiger partial charge >= 0.3 is 11.9 Å². The van der Waals surface area contributed by atoms with E-state index in [0.717, 1.165) is 34.0 Å². The molecule has 0 radical (unpaired) electrons. The van der Waals surface area contributed by atoms with Gasteiger partial charge in [0.05, 0.1) is 24.5 Å². The minimum absolute atomic E-state index is 0.205. The molecule has 2 atom stereocenters. The summed E-state index contributed by atoms with van der Waals surface area (Å²) in [7, 11) is 0. The highest BCUT2D eigenvalue weighted by atomic mass is 32.1. The molecule has 2 unspecified atom stereocenters. The van der Waals surface area contributed by atoms with Crippen molar-refractivity contribution in [1.29, 1.82) is 0 Å². The number of nitrogens with one attached hydrogen (secondary N) is 1. The van der Waals surface area contributed by atoms with E-state index in [1.807, 2.05) is 84.2 Å². The van der Waals surface area contributed by atoms with Crippen LogP contribution in [0.3, 0.4) is 0 Å². The molecule has 5 rings (SSSR count). The summed E-state index contributed by atoms with van der Waals surface area (Å²) in [6.45, 7) is 7.49. The van der Waals surface area contributed by atoms with Crippen LogP contribution in [0, 0.1) is 5.92 Å². The quantitative estimate of drug-likeness (QED) is 0.186. The molecule has 0 bridgehead atoms. The van der Waals surface area contributed by atoms with Gasteiger partial charge in [-0.05, 0) is 75.7 Å². The maximum absolute atomic E-state index is 13.3. The van der Waals surface area contributed by atoms with E-state index in [9.17, 15) is 9.59 Å². The van der Waals surface area contributed by atoms with Crippen LogP contribution in [0.15, 0.2) is 101 Å². The van der Waals surface area contributed by atoms with Crippen molar-refractivity contribution in [2.24, 2.45) is 10.9 Å². The molecule has 0 amide bonds. The normalized spacial score (nSPS) is 16.3. The lowest BCUT2D eigenvalue weighted by Gasteiger charge is -2.32. The van der Waals surface area contributed by atoms with Crippen LogP contribution in [0.2, 0.25) is 0 Å². The van der Waals surface area contributed by atoms with E-state index in [1.54, 1.807) is 27.7 Å². The number of rotatable bonds is 10. The topological polar surface area (TPSA) is 99.1 Å². The molecule has 1 aromatic heterocycles. The Hall–Kier alpha value is -4.76. The van der Waals surface area contributed by atoms with Crippen LogP contribution in [-0.4, -0.2) is 35.8 Å². The van der Waals surface area contributed by atoms with E-state index >= 15 is 0 Å². The SMILES string of the molecule is CCOC(=O)C1=C(C)N=C(C)C(C(=O)OCC)C1c1ccccc1Nc1nc(-c2ccc(Oc3ccccc3)cc2)cs1. The highest BCUT2D eigenvalue weighted by Crippen LogP contribution is 2.43. The molecule has 3 aromatic carbocycles. The van der Waals surface area contributed by atoms with Gasteiger partial charge in [-0.15, -0.1) is 11.3 Å². The second-order valence-corrected chi connectivity index (χ2v) is 10.7. The van der Waals surface area contributed by atoms with Crippen molar-refractivity contribution in [3.8, 4) is 22.8 Å². The largest absolute Gasteiger partial charge is 0.465 e. The number of aliphatic imine (C=N–C) groups is 1. The van der Waals surface area contributed by atoms with Crippen molar-refractivity contribution in [3.05, 3.63) is 101 Å². The molecular weight excluding hydrogens is 562 g/mol. The molecule has 43 heavy (non-hydrogen) atoms. The van der Waals surface area contributed by atoms with Crippen molar-refractivity contribution in [2.45, 2.75) is 33.6 Å². The van der Waals surface area contributed by atoms with Crippen LogP contribution in [0.4, 0.5) is 10.8 Å². The molecule has 220 valence electrons. The van der Waals surface area contributed by atoms with Crippen LogP contribution in [-0.2, 0) is 19.1 Å². The molecular formula is C34H33N3O5S. The zero-order valence-corrected chi connectivity index (χ0v) is 25.3. The van der Waals surface area contributed by atoms with Gasteiger partial charge in [-0.3, -0.25) is 9.79 Å². The lowest BCUT2D eigenvalue weighted by atomic mass is 9.75. The molecule has 8 nitrogen and oxygen atoms in total. The smallest absolute Gasteiger partial charge is 0.336 e. The van der Waals surface area contributed by atoms with E-state index in [2.05, 4.69) is 10.3 Å². The first-order chi connectivity index (χ1) is 20.9. The first-order valence-corrected chi connectivity index (χ1v) is 15.0. The first-order valence-electron chi connectivity index (χ1n) is 14.1. The number of ether oxygens (including phenoxy) is 3. The first kappa shape index (κ1) is 29.7. The third kappa shape index (κ3) is 6.67. The third-order valence-electron chi connectivity index (χ3n) is 7.03. The number of hydrogen-bond donors (Lipinski definition) is 1. The lowest BCUT2D eigenvalue weighted by Crippen LogP contribution is -2.36. The molecule has 9 heteroatoms. The van der Waals surface area contributed by atoms with Crippen LogP contribution >= 0.6 is 11.3 Å². The van der Waals surface area contributed by atoms with Crippen molar-refractivity contribution in [1.82, 2.24) is 4.98 Å². The van der Waals surface area contributed by atoms with Crippen LogP contribution in [0.25, 0.3) is 11.3 Å². The molecule has 0 fully saturated rings. The molecule has 2 heterocycles. The number of aromatic nitrogens is 1. The van der Waals surface area contributed by atoms with Gasteiger partial charge in [0.15, 0.2) is 5.13 Å². The number of anilines is 2. The molecule has 0 saturated heterocycles. The summed E-state index contributed by atoms with van der Waals surface area (Å²) in [4.78, 5) is 35.9. The van der Waals surface area contributed by atoms with Gasteiger partial charge in [0.1, 0.15) is 17.4 Å². The fourth-order valence-corrected chi connectivity index (χ4v) is 5.90. The number of benzene rings is 3. The van der Waals surface area contributed by atoms with Crippen molar-refractivity contribution >= 4 is 39.8 Å². The standard InChI is InChI=1S/C34H33N3O5S/c1-5-40-32(38)29-21(3)35-22(4)30(33(39)41-6-2)31(29)26-14-10-11-15-27(26)36-34-37-28(20-43-34)23-16-18-25(19-17-23)42-24-12-8-7-9-13-24/h7-20,29,31H,5-6H2,1-4H3,(H,36,37). The lowest BCUT2D eigenvalue weighted by molar-refractivity contribution is -0.146. The van der Waals surface area contributed by atoms with E-state index < -0.39 is 23.8 Å². The number of hydrogen-bond acceptors (Lipinski definition) is 9. The summed E-state index contributed by atoms with van der Waals surface area (Å²) in [6, 6.07) is 25.0. The van der Waals surface area contributed by atoms with Gasteiger partial charge in [-0.25, -0.2) is 9.78 Å². The summed E-state index contributed by atoms with van der Waals surface area (Å²) in [5, 5.41) is 6.08.